The summed E-state index contributed by atoms with van der Waals surface area (Å²) >= 11 is 0. The Morgan fingerprint density at radius 3 is 2.47 bits per heavy atom. The quantitative estimate of drug-likeness (QED) is 0.621. The fraction of sp³-hybridized carbons (Fsp3) is 0.500. The Balaban J connectivity index is 2.46. The molecule has 104 valence electrons. The average molecular weight is 267 g/mol. The molecular weight excluding hydrogens is 250 g/mol. The van der Waals surface area contributed by atoms with E-state index in [1.54, 1.807) is 6.07 Å². The van der Waals surface area contributed by atoms with Crippen molar-refractivity contribution in [3.05, 3.63) is 27.8 Å². The molecular formula is C12H17N3O4. The largest absolute Gasteiger partial charge is 0.493 e. The standard InChI is InChI=1S/C12H17N3O4/c1-18-11-5-8(9-7-13-3-4-14-9)10(15(16)17)6-12(11)19-2/h5-6,9,13-14H,3-4,7H2,1-2H3/t9-/m0/s1. The van der Waals surface area contributed by atoms with Gasteiger partial charge >= 0.3 is 0 Å². The molecule has 0 radical (unpaired) electrons. The maximum atomic E-state index is 11.2. The third-order valence-electron chi connectivity index (χ3n) is 3.15. The molecule has 1 aliphatic heterocycles. The molecule has 1 heterocycles. The summed E-state index contributed by atoms with van der Waals surface area (Å²) in [4.78, 5) is 10.8. The fourth-order valence-corrected chi connectivity index (χ4v) is 2.19. The Morgan fingerprint density at radius 1 is 1.26 bits per heavy atom. The van der Waals surface area contributed by atoms with Crippen LogP contribution in [-0.4, -0.2) is 38.8 Å². The van der Waals surface area contributed by atoms with Crippen LogP contribution >= 0.6 is 0 Å². The highest BCUT2D eigenvalue weighted by molar-refractivity contribution is 5.55. The maximum Gasteiger partial charge on any atom is 0.278 e. The van der Waals surface area contributed by atoms with Gasteiger partial charge in [0, 0.05) is 19.6 Å². The number of piperazine rings is 1. The maximum absolute atomic E-state index is 11.2. The lowest BCUT2D eigenvalue weighted by Gasteiger charge is -2.25. The van der Waals surface area contributed by atoms with Crippen LogP contribution in [0.5, 0.6) is 11.5 Å². The van der Waals surface area contributed by atoms with Gasteiger partial charge in [0.1, 0.15) is 0 Å². The van der Waals surface area contributed by atoms with Gasteiger partial charge in [-0.25, -0.2) is 0 Å². The molecule has 1 aromatic rings. The molecule has 2 N–H and O–H groups in total. The zero-order chi connectivity index (χ0) is 13.8. The van der Waals surface area contributed by atoms with Crippen molar-refractivity contribution in [2.24, 2.45) is 0 Å². The highest BCUT2D eigenvalue weighted by atomic mass is 16.6. The van der Waals surface area contributed by atoms with E-state index in [2.05, 4.69) is 10.6 Å². The molecule has 2 rings (SSSR count). The molecule has 0 spiro atoms. The topological polar surface area (TPSA) is 85.7 Å². The number of ether oxygens (including phenoxy) is 2. The Bertz CT molecular complexity index is 472. The first-order valence-corrected chi connectivity index (χ1v) is 6.01. The molecule has 7 nitrogen and oxygen atoms in total. The van der Waals surface area contributed by atoms with Crippen molar-refractivity contribution < 1.29 is 14.4 Å². The van der Waals surface area contributed by atoms with Crippen LogP contribution in [0, 0.1) is 10.1 Å². The lowest BCUT2D eigenvalue weighted by molar-refractivity contribution is -0.385. The van der Waals surface area contributed by atoms with Crippen LogP contribution in [0.2, 0.25) is 0 Å². The molecule has 1 aromatic carbocycles. The summed E-state index contributed by atoms with van der Waals surface area (Å²) in [6.45, 7) is 2.28. The summed E-state index contributed by atoms with van der Waals surface area (Å²) in [6.07, 6.45) is 0. The second-order valence-corrected chi connectivity index (χ2v) is 4.23. The van der Waals surface area contributed by atoms with E-state index in [-0.39, 0.29) is 11.7 Å². The van der Waals surface area contributed by atoms with Crippen LogP contribution in [0.15, 0.2) is 12.1 Å². The summed E-state index contributed by atoms with van der Waals surface area (Å²) in [5.74, 6) is 0.859. The first-order valence-electron chi connectivity index (χ1n) is 6.01. The third-order valence-corrected chi connectivity index (χ3v) is 3.15. The highest BCUT2D eigenvalue weighted by Gasteiger charge is 2.26. The number of nitro benzene ring substituents is 1. The predicted molar refractivity (Wildman–Crippen MR) is 69.8 cm³/mol. The number of hydrogen-bond acceptors (Lipinski definition) is 6. The Labute approximate surface area is 111 Å². The van der Waals surface area contributed by atoms with Gasteiger partial charge in [-0.15, -0.1) is 0 Å². The Morgan fingerprint density at radius 2 is 1.95 bits per heavy atom. The van der Waals surface area contributed by atoms with Gasteiger partial charge in [0.15, 0.2) is 11.5 Å². The van der Waals surface area contributed by atoms with Crippen molar-refractivity contribution in [1.29, 1.82) is 0 Å². The van der Waals surface area contributed by atoms with Crippen LogP contribution in [0.1, 0.15) is 11.6 Å². The molecule has 0 amide bonds. The van der Waals surface area contributed by atoms with Gasteiger partial charge in [0.25, 0.3) is 5.69 Å². The zero-order valence-corrected chi connectivity index (χ0v) is 10.9. The number of hydrogen-bond donors (Lipinski definition) is 2. The molecule has 7 heteroatoms. The molecule has 0 unspecified atom stereocenters. The normalized spacial score (nSPS) is 18.9. The van der Waals surface area contributed by atoms with Gasteiger partial charge in [0.05, 0.1) is 36.8 Å². The van der Waals surface area contributed by atoms with Crippen molar-refractivity contribution in [2.45, 2.75) is 6.04 Å². The van der Waals surface area contributed by atoms with E-state index in [1.165, 1.54) is 20.3 Å². The molecule has 0 aromatic heterocycles. The number of nitrogens with zero attached hydrogens (tertiary/aromatic N) is 1. The number of rotatable bonds is 4. The lowest BCUT2D eigenvalue weighted by atomic mass is 10.0. The van der Waals surface area contributed by atoms with Crippen LogP contribution in [-0.2, 0) is 0 Å². The van der Waals surface area contributed by atoms with Crippen LogP contribution < -0.4 is 20.1 Å². The molecule has 0 saturated carbocycles. The smallest absolute Gasteiger partial charge is 0.278 e. The van der Waals surface area contributed by atoms with Crippen molar-refractivity contribution in [1.82, 2.24) is 10.6 Å². The molecule has 1 fully saturated rings. The van der Waals surface area contributed by atoms with Gasteiger partial charge in [-0.1, -0.05) is 0 Å². The van der Waals surface area contributed by atoms with Gasteiger partial charge in [-0.2, -0.15) is 0 Å². The second-order valence-electron chi connectivity index (χ2n) is 4.23. The SMILES string of the molecule is COc1cc([C@@H]2CNCCN2)c([N+](=O)[O-])cc1OC. The van der Waals surface area contributed by atoms with E-state index in [0.29, 0.717) is 23.6 Å². The van der Waals surface area contributed by atoms with E-state index >= 15 is 0 Å². The van der Waals surface area contributed by atoms with E-state index in [0.717, 1.165) is 13.1 Å². The minimum Gasteiger partial charge on any atom is -0.493 e. The van der Waals surface area contributed by atoms with Crippen molar-refractivity contribution in [3.8, 4) is 11.5 Å². The molecule has 1 atom stereocenters. The fourth-order valence-electron chi connectivity index (χ4n) is 2.19. The number of methoxy groups -OCH3 is 2. The van der Waals surface area contributed by atoms with Gasteiger partial charge in [-0.3, -0.25) is 10.1 Å². The molecule has 1 saturated heterocycles. The predicted octanol–water partition coefficient (Wildman–Crippen LogP) is 0.846. The van der Waals surface area contributed by atoms with Crippen LogP contribution in [0.4, 0.5) is 5.69 Å². The Kier molecular flexibility index (Phi) is 4.18. The van der Waals surface area contributed by atoms with Crippen LogP contribution in [0.3, 0.4) is 0 Å². The van der Waals surface area contributed by atoms with Crippen LogP contribution in [0.25, 0.3) is 0 Å². The Hall–Kier alpha value is -1.86. The second kappa shape index (κ2) is 5.85. The monoisotopic (exact) mass is 267 g/mol. The van der Waals surface area contributed by atoms with E-state index in [4.69, 9.17) is 9.47 Å². The van der Waals surface area contributed by atoms with Gasteiger partial charge in [-0.05, 0) is 6.07 Å². The number of benzene rings is 1. The molecule has 0 bridgehead atoms. The van der Waals surface area contributed by atoms with Crippen molar-refractivity contribution >= 4 is 5.69 Å². The summed E-state index contributed by atoms with van der Waals surface area (Å²) in [5, 5.41) is 17.7. The summed E-state index contributed by atoms with van der Waals surface area (Å²) in [6, 6.07) is 2.97. The van der Waals surface area contributed by atoms with Crippen molar-refractivity contribution in [3.63, 3.8) is 0 Å². The summed E-state index contributed by atoms with van der Waals surface area (Å²) in [5.41, 5.74) is 0.647. The van der Waals surface area contributed by atoms with E-state index < -0.39 is 4.92 Å². The zero-order valence-electron chi connectivity index (χ0n) is 10.9. The molecule has 1 aliphatic rings. The van der Waals surface area contributed by atoms with E-state index in [1.807, 2.05) is 0 Å². The average Bonchev–Trinajstić information content (AvgIpc) is 2.46. The third kappa shape index (κ3) is 2.77. The first-order chi connectivity index (χ1) is 9.17. The summed E-state index contributed by atoms with van der Waals surface area (Å²) in [7, 11) is 2.97. The van der Waals surface area contributed by atoms with E-state index in [9.17, 15) is 10.1 Å². The van der Waals surface area contributed by atoms with Gasteiger partial charge in [0.2, 0.25) is 0 Å². The molecule has 0 aliphatic carbocycles. The molecule has 19 heavy (non-hydrogen) atoms. The van der Waals surface area contributed by atoms with Gasteiger partial charge < -0.3 is 20.1 Å². The minimum atomic E-state index is -0.395. The number of nitrogens with one attached hydrogen (secondary N) is 2. The number of nitro groups is 1. The van der Waals surface area contributed by atoms with Crippen molar-refractivity contribution in [2.75, 3.05) is 33.9 Å². The lowest BCUT2D eigenvalue weighted by Crippen LogP contribution is -2.42. The summed E-state index contributed by atoms with van der Waals surface area (Å²) < 4.78 is 10.3. The minimum absolute atomic E-state index is 0.0406. The highest BCUT2D eigenvalue weighted by Crippen LogP contribution is 2.37. The first kappa shape index (κ1) is 13.6.